The van der Waals surface area contributed by atoms with Crippen molar-refractivity contribution in [1.82, 2.24) is 25.5 Å². The molecule has 0 bridgehead atoms. The first-order valence-corrected chi connectivity index (χ1v) is 12.8. The molecule has 2 amide bonds. The summed E-state index contributed by atoms with van der Waals surface area (Å²) in [5.41, 5.74) is 3.24. The summed E-state index contributed by atoms with van der Waals surface area (Å²) in [5.74, 6) is -0.194. The van der Waals surface area contributed by atoms with E-state index in [2.05, 4.69) is 49.8 Å². The summed E-state index contributed by atoms with van der Waals surface area (Å²) in [6, 6.07) is 24.4. The Kier molecular flexibility index (Phi) is 6.27. The summed E-state index contributed by atoms with van der Waals surface area (Å²) in [6.45, 7) is 2.37. The molecule has 0 atom stereocenters. The van der Waals surface area contributed by atoms with Crippen LogP contribution in [0.15, 0.2) is 85.2 Å². The number of rotatable bonds is 8. The number of amides is 2. The second kappa shape index (κ2) is 10.0. The van der Waals surface area contributed by atoms with Crippen molar-refractivity contribution in [3.63, 3.8) is 0 Å². The SMILES string of the molecule is CN(CCNC(=O)c1c[nH]c2c1ccc1ccccc12)CCNC(=O)c1c[nH]c2c1ccc1ccccc12. The van der Waals surface area contributed by atoms with Crippen LogP contribution in [0.3, 0.4) is 0 Å². The third kappa shape index (κ3) is 4.37. The molecule has 190 valence electrons. The Hall–Kier alpha value is -4.62. The molecule has 0 saturated carbocycles. The van der Waals surface area contributed by atoms with Gasteiger partial charge >= 0.3 is 0 Å². The number of benzene rings is 4. The third-order valence-electron chi connectivity index (χ3n) is 7.21. The molecule has 0 unspecified atom stereocenters. The molecule has 0 spiro atoms. The zero-order chi connectivity index (χ0) is 26.1. The first kappa shape index (κ1) is 23.8. The van der Waals surface area contributed by atoms with Crippen LogP contribution in [0.1, 0.15) is 20.7 Å². The lowest BCUT2D eigenvalue weighted by Gasteiger charge is -2.17. The summed E-state index contributed by atoms with van der Waals surface area (Å²) in [4.78, 5) is 34.3. The molecule has 2 aromatic heterocycles. The van der Waals surface area contributed by atoms with Crippen LogP contribution in [0, 0.1) is 0 Å². The second-order valence-corrected chi connectivity index (χ2v) is 9.64. The van der Waals surface area contributed by atoms with E-state index >= 15 is 0 Å². The van der Waals surface area contributed by atoms with E-state index in [0.717, 1.165) is 43.4 Å². The maximum atomic E-state index is 12.9. The van der Waals surface area contributed by atoms with E-state index in [1.807, 2.05) is 55.6 Å². The molecule has 2 heterocycles. The Morgan fingerprint density at radius 3 is 1.55 bits per heavy atom. The summed E-state index contributed by atoms with van der Waals surface area (Å²) < 4.78 is 0. The smallest absolute Gasteiger partial charge is 0.253 e. The molecule has 4 aromatic carbocycles. The molecule has 7 heteroatoms. The van der Waals surface area contributed by atoms with Gasteiger partial charge < -0.3 is 25.5 Å². The Balaban J connectivity index is 1.00. The van der Waals surface area contributed by atoms with Crippen LogP contribution in [-0.4, -0.2) is 59.9 Å². The van der Waals surface area contributed by atoms with Gasteiger partial charge in [0.2, 0.25) is 0 Å². The number of hydrogen-bond donors (Lipinski definition) is 4. The van der Waals surface area contributed by atoms with Crippen molar-refractivity contribution in [2.45, 2.75) is 0 Å². The highest BCUT2D eigenvalue weighted by atomic mass is 16.2. The van der Waals surface area contributed by atoms with Crippen LogP contribution in [0.25, 0.3) is 43.4 Å². The van der Waals surface area contributed by atoms with Gasteiger partial charge in [-0.15, -0.1) is 0 Å². The minimum absolute atomic E-state index is 0.0971. The van der Waals surface area contributed by atoms with Crippen molar-refractivity contribution in [3.05, 3.63) is 96.3 Å². The predicted octanol–water partition coefficient (Wildman–Crippen LogP) is 5.05. The maximum absolute atomic E-state index is 12.9. The molecule has 0 aliphatic rings. The zero-order valence-electron chi connectivity index (χ0n) is 21.2. The highest BCUT2D eigenvalue weighted by Gasteiger charge is 2.15. The van der Waals surface area contributed by atoms with E-state index in [-0.39, 0.29) is 11.8 Å². The van der Waals surface area contributed by atoms with Crippen LogP contribution in [0.4, 0.5) is 0 Å². The van der Waals surface area contributed by atoms with Gasteiger partial charge in [-0.25, -0.2) is 0 Å². The Morgan fingerprint density at radius 1 is 0.632 bits per heavy atom. The van der Waals surface area contributed by atoms with E-state index in [4.69, 9.17) is 0 Å². The van der Waals surface area contributed by atoms with Crippen LogP contribution in [0.2, 0.25) is 0 Å². The third-order valence-corrected chi connectivity index (χ3v) is 7.21. The zero-order valence-corrected chi connectivity index (χ0v) is 21.2. The average Bonchev–Trinajstić information content (AvgIpc) is 3.58. The van der Waals surface area contributed by atoms with Crippen molar-refractivity contribution >= 4 is 55.2 Å². The monoisotopic (exact) mass is 503 g/mol. The number of carbonyl (C=O) groups excluding carboxylic acids is 2. The molecule has 0 aliphatic carbocycles. The average molecular weight is 504 g/mol. The van der Waals surface area contributed by atoms with E-state index in [1.54, 1.807) is 12.4 Å². The maximum Gasteiger partial charge on any atom is 0.253 e. The second-order valence-electron chi connectivity index (χ2n) is 9.64. The van der Waals surface area contributed by atoms with Gasteiger partial charge in [0.05, 0.1) is 22.2 Å². The van der Waals surface area contributed by atoms with Gasteiger partial charge in [-0.2, -0.15) is 0 Å². The molecule has 4 N–H and O–H groups in total. The number of fused-ring (bicyclic) bond motifs is 6. The predicted molar refractivity (Wildman–Crippen MR) is 154 cm³/mol. The minimum Gasteiger partial charge on any atom is -0.360 e. The minimum atomic E-state index is -0.0971. The van der Waals surface area contributed by atoms with E-state index in [9.17, 15) is 9.59 Å². The quantitative estimate of drug-likeness (QED) is 0.234. The normalized spacial score (nSPS) is 11.6. The van der Waals surface area contributed by atoms with Gasteiger partial charge in [0.15, 0.2) is 0 Å². The molecular weight excluding hydrogens is 474 g/mol. The first-order valence-electron chi connectivity index (χ1n) is 12.8. The Morgan fingerprint density at radius 2 is 1.08 bits per heavy atom. The van der Waals surface area contributed by atoms with Crippen LogP contribution >= 0.6 is 0 Å². The highest BCUT2D eigenvalue weighted by molar-refractivity contribution is 6.15. The molecule has 0 fully saturated rings. The van der Waals surface area contributed by atoms with Crippen molar-refractivity contribution in [2.24, 2.45) is 0 Å². The molecule has 0 aliphatic heterocycles. The fraction of sp³-hybridized carbons (Fsp3) is 0.161. The fourth-order valence-electron chi connectivity index (χ4n) is 5.15. The van der Waals surface area contributed by atoms with E-state index in [0.29, 0.717) is 37.3 Å². The van der Waals surface area contributed by atoms with Crippen LogP contribution < -0.4 is 10.6 Å². The molecular formula is C31H29N5O2. The standard InChI is InChI=1S/C31H29N5O2/c1-36(16-14-32-30(37)26-18-34-28-22-8-4-2-6-20(22)10-12-24(26)28)17-15-33-31(38)27-19-35-29-23-9-5-3-7-21(23)11-13-25(27)29/h2-13,18-19,34-35H,14-17H2,1H3,(H,32,37)(H,33,38). The van der Waals surface area contributed by atoms with E-state index in [1.165, 1.54) is 0 Å². The number of H-pyrrole nitrogens is 2. The highest BCUT2D eigenvalue weighted by Crippen LogP contribution is 2.28. The van der Waals surface area contributed by atoms with Crippen molar-refractivity contribution < 1.29 is 9.59 Å². The van der Waals surface area contributed by atoms with Gasteiger partial charge in [0.25, 0.3) is 11.8 Å². The van der Waals surface area contributed by atoms with Gasteiger partial charge in [-0.05, 0) is 17.8 Å². The summed E-state index contributed by atoms with van der Waals surface area (Å²) in [6.07, 6.45) is 3.55. The molecule has 6 rings (SSSR count). The molecule has 38 heavy (non-hydrogen) atoms. The van der Waals surface area contributed by atoms with Gasteiger partial charge in [0, 0.05) is 60.1 Å². The number of nitrogens with one attached hydrogen (secondary N) is 4. The van der Waals surface area contributed by atoms with E-state index < -0.39 is 0 Å². The number of aromatic amines is 2. The Bertz CT molecular complexity index is 1670. The molecule has 6 aromatic rings. The van der Waals surface area contributed by atoms with Gasteiger partial charge in [0.1, 0.15) is 0 Å². The molecule has 0 radical (unpaired) electrons. The van der Waals surface area contributed by atoms with Gasteiger partial charge in [-0.1, -0.05) is 72.8 Å². The topological polar surface area (TPSA) is 93.0 Å². The number of aromatic nitrogens is 2. The number of carbonyl (C=O) groups is 2. The van der Waals surface area contributed by atoms with Crippen LogP contribution in [0.5, 0.6) is 0 Å². The lowest BCUT2D eigenvalue weighted by Crippen LogP contribution is -2.37. The summed E-state index contributed by atoms with van der Waals surface area (Å²) >= 11 is 0. The summed E-state index contributed by atoms with van der Waals surface area (Å²) in [7, 11) is 1.98. The number of likely N-dealkylation sites (N-methyl/N-ethyl adjacent to an activating group) is 1. The van der Waals surface area contributed by atoms with Crippen molar-refractivity contribution in [3.8, 4) is 0 Å². The lowest BCUT2D eigenvalue weighted by molar-refractivity contribution is 0.0950. The Labute approximate surface area is 219 Å². The van der Waals surface area contributed by atoms with Crippen LogP contribution in [-0.2, 0) is 0 Å². The first-order chi connectivity index (χ1) is 18.6. The number of hydrogen-bond acceptors (Lipinski definition) is 3. The lowest BCUT2D eigenvalue weighted by atomic mass is 10.1. The van der Waals surface area contributed by atoms with Crippen molar-refractivity contribution in [2.75, 3.05) is 33.2 Å². The largest absolute Gasteiger partial charge is 0.360 e. The molecule has 0 saturated heterocycles. The summed E-state index contributed by atoms with van der Waals surface area (Å²) in [5, 5.41) is 12.4. The molecule has 7 nitrogen and oxygen atoms in total. The van der Waals surface area contributed by atoms with Crippen molar-refractivity contribution in [1.29, 1.82) is 0 Å². The van der Waals surface area contributed by atoms with Gasteiger partial charge in [-0.3, -0.25) is 9.59 Å². The number of nitrogens with zero attached hydrogens (tertiary/aromatic N) is 1. The fourth-order valence-corrected chi connectivity index (χ4v) is 5.15.